The summed E-state index contributed by atoms with van der Waals surface area (Å²) in [6.45, 7) is 7.87. The van der Waals surface area contributed by atoms with Crippen LogP contribution in [0.3, 0.4) is 0 Å². The fourth-order valence-corrected chi connectivity index (χ4v) is 5.04. The number of aromatic nitrogens is 1. The summed E-state index contributed by atoms with van der Waals surface area (Å²) in [4.78, 5) is 46.5. The maximum Gasteiger partial charge on any atom is 0.322 e. The van der Waals surface area contributed by atoms with Crippen molar-refractivity contribution in [3.63, 3.8) is 0 Å². The van der Waals surface area contributed by atoms with Crippen LogP contribution >= 0.6 is 11.6 Å². The summed E-state index contributed by atoms with van der Waals surface area (Å²) in [5.41, 5.74) is 2.05. The minimum absolute atomic E-state index is 0.0437. The summed E-state index contributed by atoms with van der Waals surface area (Å²) in [7, 11) is 0. The number of benzene rings is 1. The fraction of sp³-hybridized carbons (Fsp3) is 0.440. The van der Waals surface area contributed by atoms with Gasteiger partial charge in [-0.05, 0) is 62.6 Å². The van der Waals surface area contributed by atoms with E-state index in [9.17, 15) is 14.4 Å². The number of pyridine rings is 1. The number of anilines is 1. The molecule has 1 aromatic carbocycles. The van der Waals surface area contributed by atoms with Crippen molar-refractivity contribution in [3.05, 3.63) is 58.4 Å². The van der Waals surface area contributed by atoms with Crippen molar-refractivity contribution < 1.29 is 14.4 Å². The van der Waals surface area contributed by atoms with Gasteiger partial charge in [-0.3, -0.25) is 19.9 Å². The number of rotatable bonds is 6. The molecule has 34 heavy (non-hydrogen) atoms. The van der Waals surface area contributed by atoms with Crippen LogP contribution in [0.4, 0.5) is 10.5 Å². The summed E-state index contributed by atoms with van der Waals surface area (Å²) in [6, 6.07) is 11.0. The molecule has 2 atom stereocenters. The van der Waals surface area contributed by atoms with Gasteiger partial charge in [-0.15, -0.1) is 0 Å². The van der Waals surface area contributed by atoms with Gasteiger partial charge in [0.2, 0.25) is 5.91 Å². The minimum Gasteiger partial charge on any atom is -0.365 e. The second kappa shape index (κ2) is 9.62. The molecule has 2 fully saturated rings. The third kappa shape index (κ3) is 4.59. The van der Waals surface area contributed by atoms with Crippen molar-refractivity contribution in [2.45, 2.75) is 51.6 Å². The van der Waals surface area contributed by atoms with Gasteiger partial charge in [-0.2, -0.15) is 0 Å². The highest BCUT2D eigenvalue weighted by Gasteiger charge is 2.49. The molecule has 2 aromatic rings. The average Bonchev–Trinajstić information content (AvgIpc) is 3.11. The van der Waals surface area contributed by atoms with Crippen molar-refractivity contribution in [2.75, 3.05) is 24.5 Å². The lowest BCUT2D eigenvalue weighted by Crippen LogP contribution is -2.54. The molecule has 0 saturated carbocycles. The van der Waals surface area contributed by atoms with E-state index in [0.717, 1.165) is 28.4 Å². The number of piperazine rings is 1. The summed E-state index contributed by atoms with van der Waals surface area (Å²) in [5.74, 6) is -0.520. The first-order valence-corrected chi connectivity index (χ1v) is 12.0. The first kappa shape index (κ1) is 24.0. The number of urea groups is 1. The van der Waals surface area contributed by atoms with E-state index in [1.54, 1.807) is 12.1 Å². The molecule has 0 aliphatic carbocycles. The summed E-state index contributed by atoms with van der Waals surface area (Å²) in [5, 5.41) is 5.79. The van der Waals surface area contributed by atoms with Gasteiger partial charge in [0.15, 0.2) is 5.54 Å². The van der Waals surface area contributed by atoms with Gasteiger partial charge < -0.3 is 15.1 Å². The van der Waals surface area contributed by atoms with Crippen LogP contribution in [0.2, 0.25) is 5.02 Å². The maximum atomic E-state index is 13.1. The normalized spacial score (nSPS) is 22.5. The van der Waals surface area contributed by atoms with Crippen molar-refractivity contribution in [1.82, 2.24) is 20.5 Å². The number of amides is 4. The van der Waals surface area contributed by atoms with E-state index < -0.39 is 17.5 Å². The Morgan fingerprint density at radius 1 is 1.24 bits per heavy atom. The van der Waals surface area contributed by atoms with Crippen LogP contribution < -0.4 is 15.5 Å². The van der Waals surface area contributed by atoms with Gasteiger partial charge in [0, 0.05) is 48.5 Å². The van der Waals surface area contributed by atoms with Crippen molar-refractivity contribution in [1.29, 1.82) is 0 Å². The Hall–Kier alpha value is -3.13. The third-order valence-electron chi connectivity index (χ3n) is 6.70. The number of nitrogens with one attached hydrogen (secondary N) is 2. The van der Waals surface area contributed by atoms with E-state index in [2.05, 4.69) is 40.4 Å². The molecule has 2 aliphatic heterocycles. The first-order chi connectivity index (χ1) is 16.2. The first-order valence-electron chi connectivity index (χ1n) is 11.6. The van der Waals surface area contributed by atoms with E-state index in [4.69, 9.17) is 11.6 Å². The standard InChI is InChI=1S/C25H30ClN5O3/c1-4-18-14-19(8-9-20(18)26)31-13-12-30(15-17(31)3)22(32)10-11-25(23(33)28-24(34)29-25)21-7-5-6-16(2)27-21/h5-9,14,17H,4,10-13,15H2,1-3H3,(H2,28,29,33,34)/t17-,25?/m0/s1. The lowest BCUT2D eigenvalue weighted by Gasteiger charge is -2.41. The molecule has 3 heterocycles. The Labute approximate surface area is 204 Å². The molecule has 4 rings (SSSR count). The summed E-state index contributed by atoms with van der Waals surface area (Å²) >= 11 is 6.28. The van der Waals surface area contributed by atoms with Crippen LogP contribution in [-0.4, -0.2) is 53.4 Å². The molecule has 2 saturated heterocycles. The third-order valence-corrected chi connectivity index (χ3v) is 7.07. The number of imide groups is 1. The predicted molar refractivity (Wildman–Crippen MR) is 131 cm³/mol. The SMILES string of the molecule is CCc1cc(N2CCN(C(=O)CCC3(c4cccc(C)n4)NC(=O)NC3=O)C[C@@H]2C)ccc1Cl. The van der Waals surface area contributed by atoms with Gasteiger partial charge in [-0.25, -0.2) is 4.79 Å². The zero-order valence-corrected chi connectivity index (χ0v) is 20.5. The number of halogens is 1. The Morgan fingerprint density at radius 2 is 2.03 bits per heavy atom. The van der Waals surface area contributed by atoms with Gasteiger partial charge >= 0.3 is 6.03 Å². The Kier molecular flexibility index (Phi) is 6.79. The second-order valence-corrected chi connectivity index (χ2v) is 9.40. The molecule has 0 spiro atoms. The molecule has 2 aliphatic rings. The number of carbonyl (C=O) groups excluding carboxylic acids is 3. The molecule has 4 amide bonds. The average molecular weight is 484 g/mol. The highest BCUT2D eigenvalue weighted by Crippen LogP contribution is 2.30. The molecule has 1 aromatic heterocycles. The van der Waals surface area contributed by atoms with E-state index in [1.807, 2.05) is 30.0 Å². The Balaban J connectivity index is 1.44. The van der Waals surface area contributed by atoms with Gasteiger partial charge in [0.05, 0.1) is 5.69 Å². The molecule has 0 radical (unpaired) electrons. The van der Waals surface area contributed by atoms with Crippen LogP contribution in [0, 0.1) is 6.92 Å². The van der Waals surface area contributed by atoms with Crippen LogP contribution in [0.25, 0.3) is 0 Å². The quantitative estimate of drug-likeness (QED) is 0.615. The Bertz CT molecular complexity index is 1120. The summed E-state index contributed by atoms with van der Waals surface area (Å²) in [6.07, 6.45) is 1.13. The number of nitrogens with zero attached hydrogens (tertiary/aromatic N) is 3. The number of hydrogen-bond acceptors (Lipinski definition) is 5. The summed E-state index contributed by atoms with van der Waals surface area (Å²) < 4.78 is 0. The second-order valence-electron chi connectivity index (χ2n) is 8.99. The topological polar surface area (TPSA) is 94.6 Å². The molecule has 8 nitrogen and oxygen atoms in total. The van der Waals surface area contributed by atoms with Gasteiger partial charge in [0.1, 0.15) is 0 Å². The number of carbonyl (C=O) groups is 3. The predicted octanol–water partition coefficient (Wildman–Crippen LogP) is 3.16. The van der Waals surface area contributed by atoms with Crippen LogP contribution in [-0.2, 0) is 21.5 Å². The zero-order valence-electron chi connectivity index (χ0n) is 19.7. The van der Waals surface area contributed by atoms with E-state index in [-0.39, 0.29) is 24.8 Å². The lowest BCUT2D eigenvalue weighted by molar-refractivity contribution is -0.133. The molecule has 2 N–H and O–H groups in total. The zero-order chi connectivity index (χ0) is 24.5. The van der Waals surface area contributed by atoms with Gasteiger partial charge in [0.25, 0.3) is 5.91 Å². The molecular formula is C25H30ClN5O3. The highest BCUT2D eigenvalue weighted by atomic mass is 35.5. The fourth-order valence-electron chi connectivity index (χ4n) is 4.79. The Morgan fingerprint density at radius 3 is 2.68 bits per heavy atom. The lowest BCUT2D eigenvalue weighted by atomic mass is 9.88. The smallest absolute Gasteiger partial charge is 0.322 e. The van der Waals surface area contributed by atoms with Crippen LogP contribution in [0.5, 0.6) is 0 Å². The van der Waals surface area contributed by atoms with E-state index in [0.29, 0.717) is 25.3 Å². The largest absolute Gasteiger partial charge is 0.365 e. The van der Waals surface area contributed by atoms with Crippen molar-refractivity contribution >= 4 is 35.1 Å². The minimum atomic E-state index is -1.34. The molecule has 1 unspecified atom stereocenters. The molecule has 0 bridgehead atoms. The van der Waals surface area contributed by atoms with E-state index in [1.165, 1.54) is 0 Å². The number of aryl methyl sites for hydroxylation is 2. The molecule has 180 valence electrons. The van der Waals surface area contributed by atoms with E-state index >= 15 is 0 Å². The van der Waals surface area contributed by atoms with Crippen molar-refractivity contribution in [3.8, 4) is 0 Å². The van der Waals surface area contributed by atoms with Crippen molar-refractivity contribution in [2.24, 2.45) is 0 Å². The van der Waals surface area contributed by atoms with Gasteiger partial charge in [-0.1, -0.05) is 24.6 Å². The monoisotopic (exact) mass is 483 g/mol. The maximum absolute atomic E-state index is 13.1. The number of hydrogen-bond donors (Lipinski definition) is 2. The molecular weight excluding hydrogens is 454 g/mol. The molecule has 9 heteroatoms. The van der Waals surface area contributed by atoms with Crippen LogP contribution in [0.15, 0.2) is 36.4 Å². The van der Waals surface area contributed by atoms with Crippen LogP contribution in [0.1, 0.15) is 43.6 Å². The highest BCUT2D eigenvalue weighted by molar-refractivity contribution is 6.31.